The first-order valence-electron chi connectivity index (χ1n) is 5.78. The fourth-order valence-electron chi connectivity index (χ4n) is 1.24. The minimum atomic E-state index is -0.498. The molecule has 0 aliphatic rings. The van der Waals surface area contributed by atoms with E-state index < -0.39 is 11.7 Å². The van der Waals surface area contributed by atoms with Crippen LogP contribution in [0.3, 0.4) is 0 Å². The number of rotatable bonds is 5. The summed E-state index contributed by atoms with van der Waals surface area (Å²) in [5.74, 6) is 0.0507. The summed E-state index contributed by atoms with van der Waals surface area (Å²) in [5.41, 5.74) is 0.139. The van der Waals surface area contributed by atoms with Crippen LogP contribution >= 0.6 is 11.5 Å². The van der Waals surface area contributed by atoms with E-state index in [9.17, 15) is 9.59 Å². The second-order valence-electron chi connectivity index (χ2n) is 4.87. The van der Waals surface area contributed by atoms with E-state index in [4.69, 9.17) is 4.74 Å². The van der Waals surface area contributed by atoms with Crippen molar-refractivity contribution in [3.63, 3.8) is 0 Å². The topological polar surface area (TPSA) is 68.3 Å². The Morgan fingerprint density at radius 3 is 2.72 bits per heavy atom. The summed E-state index contributed by atoms with van der Waals surface area (Å²) in [6.45, 7) is 5.84. The fraction of sp³-hybridized carbons (Fsp3) is 0.583. The maximum atomic E-state index is 11.6. The van der Waals surface area contributed by atoms with E-state index in [1.54, 1.807) is 32.3 Å². The highest BCUT2D eigenvalue weighted by molar-refractivity contribution is 7.03. The van der Waals surface area contributed by atoms with E-state index in [2.05, 4.69) is 9.69 Å². The highest BCUT2D eigenvalue weighted by atomic mass is 32.1. The zero-order valence-corrected chi connectivity index (χ0v) is 11.7. The molecule has 0 fully saturated rings. The molecule has 0 aromatic carbocycles. The van der Waals surface area contributed by atoms with Gasteiger partial charge in [-0.1, -0.05) is 0 Å². The Morgan fingerprint density at radius 1 is 1.44 bits per heavy atom. The van der Waals surface area contributed by atoms with Gasteiger partial charge >= 0.3 is 6.09 Å². The highest BCUT2D eigenvalue weighted by Gasteiger charge is 2.15. The molecule has 0 bridgehead atoms. The summed E-state index contributed by atoms with van der Waals surface area (Å²) in [6, 6.07) is 0. The summed E-state index contributed by atoms with van der Waals surface area (Å²) in [7, 11) is 0. The van der Waals surface area contributed by atoms with Crippen molar-refractivity contribution in [2.24, 2.45) is 0 Å². The minimum absolute atomic E-state index is 0.0507. The molecule has 100 valence electrons. The number of carbonyl (C=O) groups excluding carboxylic acids is 2. The van der Waals surface area contributed by atoms with E-state index in [-0.39, 0.29) is 5.78 Å². The van der Waals surface area contributed by atoms with Gasteiger partial charge in [-0.25, -0.2) is 9.17 Å². The van der Waals surface area contributed by atoms with Gasteiger partial charge in [-0.15, -0.1) is 0 Å². The van der Waals surface area contributed by atoms with Crippen LogP contribution in [-0.4, -0.2) is 28.4 Å². The van der Waals surface area contributed by atoms with Crippen LogP contribution < -0.4 is 5.32 Å². The molecule has 1 heterocycles. The van der Waals surface area contributed by atoms with E-state index in [1.165, 1.54) is 11.5 Å². The normalized spacial score (nSPS) is 11.1. The molecule has 0 unspecified atom stereocenters. The molecule has 0 aliphatic carbocycles. The maximum absolute atomic E-state index is 11.6. The minimum Gasteiger partial charge on any atom is -0.444 e. The summed E-state index contributed by atoms with van der Waals surface area (Å²) in [5, 5.41) is 4.34. The van der Waals surface area contributed by atoms with E-state index >= 15 is 0 Å². The molecule has 1 rings (SSSR count). The Bertz CT molecular complexity index is 396. The van der Waals surface area contributed by atoms with E-state index in [0.717, 1.165) is 0 Å². The first-order chi connectivity index (χ1) is 8.38. The smallest absolute Gasteiger partial charge is 0.407 e. The van der Waals surface area contributed by atoms with Crippen molar-refractivity contribution in [2.75, 3.05) is 6.54 Å². The van der Waals surface area contributed by atoms with Crippen molar-refractivity contribution in [3.8, 4) is 0 Å². The van der Waals surface area contributed by atoms with Crippen molar-refractivity contribution < 1.29 is 14.3 Å². The quantitative estimate of drug-likeness (QED) is 0.659. The number of hydrogen-bond donors (Lipinski definition) is 1. The molecular weight excluding hydrogens is 252 g/mol. The lowest BCUT2D eigenvalue weighted by molar-refractivity contribution is 0.0525. The van der Waals surface area contributed by atoms with Gasteiger partial charge < -0.3 is 10.1 Å². The first-order valence-corrected chi connectivity index (χ1v) is 6.61. The predicted molar refractivity (Wildman–Crippen MR) is 69.9 cm³/mol. The van der Waals surface area contributed by atoms with Crippen molar-refractivity contribution in [2.45, 2.75) is 39.2 Å². The van der Waals surface area contributed by atoms with Crippen LogP contribution in [0, 0.1) is 0 Å². The lowest BCUT2D eigenvalue weighted by Crippen LogP contribution is -2.33. The average Bonchev–Trinajstić information content (AvgIpc) is 2.74. The second-order valence-corrected chi connectivity index (χ2v) is 5.53. The highest BCUT2D eigenvalue weighted by Crippen LogP contribution is 2.08. The van der Waals surface area contributed by atoms with Gasteiger partial charge in [0.1, 0.15) is 5.60 Å². The third kappa shape index (κ3) is 5.77. The number of ether oxygens (including phenoxy) is 1. The molecule has 0 spiro atoms. The van der Waals surface area contributed by atoms with Gasteiger partial charge in [0.25, 0.3) is 0 Å². The third-order valence-electron chi connectivity index (χ3n) is 2.00. The van der Waals surface area contributed by atoms with Crippen LogP contribution in [0.1, 0.15) is 44.0 Å². The third-order valence-corrected chi connectivity index (χ3v) is 2.59. The summed E-state index contributed by atoms with van der Waals surface area (Å²) in [6.07, 6.45) is 2.10. The van der Waals surface area contributed by atoms with Gasteiger partial charge in [0, 0.05) is 23.9 Å². The number of aromatic nitrogens is 1. The molecule has 1 aromatic heterocycles. The zero-order chi connectivity index (χ0) is 13.6. The van der Waals surface area contributed by atoms with Crippen LogP contribution in [0.4, 0.5) is 4.79 Å². The number of ketones is 1. The van der Waals surface area contributed by atoms with Gasteiger partial charge in [-0.2, -0.15) is 0 Å². The number of nitrogens with one attached hydrogen (secondary N) is 1. The average molecular weight is 270 g/mol. The molecule has 0 saturated heterocycles. The number of nitrogens with zero attached hydrogens (tertiary/aromatic N) is 1. The Morgan fingerprint density at radius 2 is 2.17 bits per heavy atom. The molecule has 0 radical (unpaired) electrons. The molecule has 0 saturated carbocycles. The standard InChI is InChI=1S/C12H18N2O3S/c1-12(2,3)17-11(16)13-6-4-5-10(15)9-7-14-18-8-9/h7-8H,4-6H2,1-3H3,(H,13,16). The molecule has 1 N–H and O–H groups in total. The Labute approximate surface area is 111 Å². The summed E-state index contributed by atoms with van der Waals surface area (Å²) < 4.78 is 8.94. The monoisotopic (exact) mass is 270 g/mol. The van der Waals surface area contributed by atoms with Gasteiger partial charge in [-0.05, 0) is 38.7 Å². The number of Topliss-reactive ketones (excluding diaryl/α,β-unsaturated/α-hetero) is 1. The summed E-state index contributed by atoms with van der Waals surface area (Å²) >= 11 is 1.26. The van der Waals surface area contributed by atoms with Crippen LogP contribution in [0.5, 0.6) is 0 Å². The SMILES string of the molecule is CC(C)(C)OC(=O)NCCCC(=O)c1cnsc1. The lowest BCUT2D eigenvalue weighted by Gasteiger charge is -2.19. The molecule has 0 atom stereocenters. The number of amides is 1. The van der Waals surface area contributed by atoms with Gasteiger partial charge in [0.15, 0.2) is 5.78 Å². The Balaban J connectivity index is 2.16. The largest absolute Gasteiger partial charge is 0.444 e. The molecule has 5 nitrogen and oxygen atoms in total. The Kier molecular flexibility index (Phi) is 5.27. The lowest BCUT2D eigenvalue weighted by atomic mass is 10.1. The van der Waals surface area contributed by atoms with Crippen LogP contribution in [0.25, 0.3) is 0 Å². The van der Waals surface area contributed by atoms with E-state index in [0.29, 0.717) is 24.9 Å². The number of carbonyl (C=O) groups is 2. The number of hydrogen-bond acceptors (Lipinski definition) is 5. The van der Waals surface area contributed by atoms with Gasteiger partial charge in [0.2, 0.25) is 0 Å². The zero-order valence-electron chi connectivity index (χ0n) is 10.9. The Hall–Kier alpha value is -1.43. The van der Waals surface area contributed by atoms with Gasteiger partial charge in [0.05, 0.1) is 6.20 Å². The molecule has 18 heavy (non-hydrogen) atoms. The van der Waals surface area contributed by atoms with Crippen LogP contribution in [0.2, 0.25) is 0 Å². The molecule has 6 heteroatoms. The first kappa shape index (κ1) is 14.6. The van der Waals surface area contributed by atoms with Crippen LogP contribution in [-0.2, 0) is 4.74 Å². The van der Waals surface area contributed by atoms with Crippen molar-refractivity contribution in [1.29, 1.82) is 0 Å². The van der Waals surface area contributed by atoms with Crippen LogP contribution in [0.15, 0.2) is 11.6 Å². The van der Waals surface area contributed by atoms with Crippen molar-refractivity contribution in [1.82, 2.24) is 9.69 Å². The maximum Gasteiger partial charge on any atom is 0.407 e. The van der Waals surface area contributed by atoms with Gasteiger partial charge in [-0.3, -0.25) is 4.79 Å². The van der Waals surface area contributed by atoms with E-state index in [1.807, 2.05) is 0 Å². The van der Waals surface area contributed by atoms with Crippen molar-refractivity contribution >= 4 is 23.4 Å². The molecular formula is C12H18N2O3S. The predicted octanol–water partition coefficient (Wildman–Crippen LogP) is 2.63. The molecule has 1 aromatic rings. The summed E-state index contributed by atoms with van der Waals surface area (Å²) in [4.78, 5) is 22.9. The molecule has 0 aliphatic heterocycles. The molecule has 1 amide bonds. The van der Waals surface area contributed by atoms with Crippen molar-refractivity contribution in [3.05, 3.63) is 17.1 Å². The second kappa shape index (κ2) is 6.49. The number of alkyl carbamates (subject to hydrolysis) is 1. The fourth-order valence-corrected chi connectivity index (χ4v) is 1.78.